The molecule has 0 unspecified atom stereocenters. The summed E-state index contributed by atoms with van der Waals surface area (Å²) >= 11 is 0. The van der Waals surface area contributed by atoms with Gasteiger partial charge in [-0.1, -0.05) is 30.3 Å². The smallest absolute Gasteiger partial charge is 0.326 e. The zero-order valence-electron chi connectivity index (χ0n) is 14.8. The topological polar surface area (TPSA) is 110 Å². The first-order valence-corrected chi connectivity index (χ1v) is 10.1. The van der Waals surface area contributed by atoms with Crippen molar-refractivity contribution in [3.63, 3.8) is 0 Å². The van der Waals surface area contributed by atoms with Gasteiger partial charge in [0.2, 0.25) is 5.91 Å². The van der Waals surface area contributed by atoms with E-state index in [4.69, 9.17) is 4.74 Å². The van der Waals surface area contributed by atoms with Crippen molar-refractivity contribution in [2.75, 3.05) is 12.9 Å². The molecule has 0 saturated carbocycles. The third-order valence-corrected chi connectivity index (χ3v) is 4.89. The summed E-state index contributed by atoms with van der Waals surface area (Å²) in [5.74, 6) is -1.12. The highest BCUT2D eigenvalue weighted by Gasteiger charge is 2.20. The molecular formula is C19H21NO6S. The summed E-state index contributed by atoms with van der Waals surface area (Å²) in [5, 5.41) is 11.8. The predicted molar refractivity (Wildman–Crippen MR) is 99.4 cm³/mol. The fraction of sp³-hybridized carbons (Fsp3) is 0.263. The quantitative estimate of drug-likeness (QED) is 0.673. The fourth-order valence-corrected chi connectivity index (χ4v) is 2.99. The van der Waals surface area contributed by atoms with Crippen molar-refractivity contribution >= 4 is 21.7 Å². The zero-order valence-corrected chi connectivity index (χ0v) is 15.6. The molecule has 1 atom stereocenters. The minimum absolute atomic E-state index is 0.0214. The summed E-state index contributed by atoms with van der Waals surface area (Å²) in [6.07, 6.45) is 1.28. The van der Waals surface area contributed by atoms with Crippen LogP contribution in [0.5, 0.6) is 5.75 Å². The maximum Gasteiger partial charge on any atom is 0.326 e. The molecule has 144 valence electrons. The van der Waals surface area contributed by atoms with Crippen LogP contribution in [-0.4, -0.2) is 44.3 Å². The van der Waals surface area contributed by atoms with Crippen molar-refractivity contribution in [2.45, 2.75) is 23.8 Å². The number of carboxylic acid groups (broad SMARTS) is 1. The summed E-state index contributed by atoms with van der Waals surface area (Å²) in [4.78, 5) is 23.5. The van der Waals surface area contributed by atoms with Crippen molar-refractivity contribution in [1.82, 2.24) is 5.32 Å². The van der Waals surface area contributed by atoms with E-state index in [-0.39, 0.29) is 24.3 Å². The maximum atomic E-state index is 12.0. The van der Waals surface area contributed by atoms with Crippen LogP contribution >= 0.6 is 0 Å². The molecule has 2 aromatic rings. The normalized spacial score (nSPS) is 12.2. The van der Waals surface area contributed by atoms with Gasteiger partial charge in [-0.15, -0.1) is 0 Å². The second-order valence-corrected chi connectivity index (χ2v) is 8.01. The van der Waals surface area contributed by atoms with Crippen LogP contribution in [0.25, 0.3) is 0 Å². The first-order valence-electron chi connectivity index (χ1n) is 8.25. The van der Waals surface area contributed by atoms with Crippen molar-refractivity contribution in [3.8, 4) is 5.75 Å². The Morgan fingerprint density at radius 1 is 1.07 bits per heavy atom. The maximum absolute atomic E-state index is 12.0. The van der Waals surface area contributed by atoms with Crippen molar-refractivity contribution < 1.29 is 27.9 Å². The Labute approximate surface area is 157 Å². The number of rotatable bonds is 9. The number of hydrogen-bond donors (Lipinski definition) is 2. The van der Waals surface area contributed by atoms with E-state index in [1.54, 1.807) is 24.3 Å². The molecule has 0 radical (unpaired) electrons. The number of aliphatic carboxylic acids is 1. The summed E-state index contributed by atoms with van der Waals surface area (Å²) in [6, 6.07) is 13.9. The molecule has 8 heteroatoms. The third kappa shape index (κ3) is 6.74. The standard InChI is InChI=1S/C19H21NO6S/c1-27(24,25)16-9-7-15(8-10-16)26-12-11-18(21)20-17(19(22)23)13-14-5-3-2-4-6-14/h2-10,17H,11-13H2,1H3,(H,20,21)(H,22,23)/t17-/m0/s1. The van der Waals surface area contributed by atoms with E-state index in [0.29, 0.717) is 5.75 Å². The van der Waals surface area contributed by atoms with Gasteiger partial charge in [0.25, 0.3) is 0 Å². The molecule has 0 heterocycles. The lowest BCUT2D eigenvalue weighted by atomic mass is 10.1. The lowest BCUT2D eigenvalue weighted by molar-refractivity contribution is -0.141. The summed E-state index contributed by atoms with van der Waals surface area (Å²) < 4.78 is 28.2. The molecule has 0 aliphatic rings. The Bertz CT molecular complexity index is 878. The number of ether oxygens (including phenoxy) is 1. The number of hydrogen-bond acceptors (Lipinski definition) is 5. The molecule has 0 spiro atoms. The van der Waals surface area contributed by atoms with Crippen LogP contribution in [0.4, 0.5) is 0 Å². The molecule has 0 saturated heterocycles. The van der Waals surface area contributed by atoms with E-state index >= 15 is 0 Å². The number of carbonyl (C=O) groups is 2. The van der Waals surface area contributed by atoms with Gasteiger partial charge in [-0.2, -0.15) is 0 Å². The first-order chi connectivity index (χ1) is 12.8. The average Bonchev–Trinajstić information content (AvgIpc) is 2.61. The van der Waals surface area contributed by atoms with Crippen LogP contribution in [0, 0.1) is 0 Å². The van der Waals surface area contributed by atoms with Crippen LogP contribution < -0.4 is 10.1 Å². The molecule has 27 heavy (non-hydrogen) atoms. The average molecular weight is 391 g/mol. The van der Waals surface area contributed by atoms with Crippen molar-refractivity contribution in [3.05, 3.63) is 60.2 Å². The molecule has 0 aliphatic carbocycles. The molecule has 7 nitrogen and oxygen atoms in total. The van der Waals surface area contributed by atoms with E-state index in [1.807, 2.05) is 6.07 Å². The van der Waals surface area contributed by atoms with Crippen LogP contribution in [0.15, 0.2) is 59.5 Å². The van der Waals surface area contributed by atoms with Crippen LogP contribution in [0.1, 0.15) is 12.0 Å². The number of nitrogens with one attached hydrogen (secondary N) is 1. The molecule has 1 amide bonds. The molecule has 2 N–H and O–H groups in total. The Kier molecular flexibility index (Phi) is 6.95. The van der Waals surface area contributed by atoms with Crippen molar-refractivity contribution in [2.24, 2.45) is 0 Å². The van der Waals surface area contributed by atoms with E-state index in [0.717, 1.165) is 11.8 Å². The molecule has 0 aliphatic heterocycles. The zero-order chi connectivity index (χ0) is 19.9. The summed E-state index contributed by atoms with van der Waals surface area (Å²) in [5.41, 5.74) is 0.812. The summed E-state index contributed by atoms with van der Waals surface area (Å²) in [7, 11) is -3.28. The van der Waals surface area contributed by atoms with E-state index in [9.17, 15) is 23.1 Å². The minimum Gasteiger partial charge on any atom is -0.493 e. The predicted octanol–water partition coefficient (Wildman–Crippen LogP) is 1.67. The lowest BCUT2D eigenvalue weighted by Gasteiger charge is -2.15. The van der Waals surface area contributed by atoms with E-state index < -0.39 is 27.8 Å². The highest BCUT2D eigenvalue weighted by atomic mass is 32.2. The lowest BCUT2D eigenvalue weighted by Crippen LogP contribution is -2.42. The Morgan fingerprint density at radius 3 is 2.26 bits per heavy atom. The highest BCUT2D eigenvalue weighted by molar-refractivity contribution is 7.90. The van der Waals surface area contributed by atoms with Gasteiger partial charge in [0, 0.05) is 12.7 Å². The fourth-order valence-electron chi connectivity index (χ4n) is 2.36. The minimum atomic E-state index is -3.28. The van der Waals surface area contributed by atoms with Crippen molar-refractivity contribution in [1.29, 1.82) is 0 Å². The van der Waals surface area contributed by atoms with Crippen LogP contribution in [-0.2, 0) is 25.8 Å². The number of carbonyl (C=O) groups excluding carboxylic acids is 1. The monoisotopic (exact) mass is 391 g/mol. The van der Waals surface area contributed by atoms with Gasteiger partial charge < -0.3 is 15.2 Å². The molecule has 0 aromatic heterocycles. The Morgan fingerprint density at radius 2 is 1.70 bits per heavy atom. The summed E-state index contributed by atoms with van der Waals surface area (Å²) in [6.45, 7) is 0.0434. The first kappa shape index (κ1) is 20.4. The SMILES string of the molecule is CS(=O)(=O)c1ccc(OCCC(=O)N[C@@H](Cc2ccccc2)C(=O)O)cc1. The Balaban J connectivity index is 1.83. The Hall–Kier alpha value is -2.87. The largest absolute Gasteiger partial charge is 0.493 e. The van der Waals surface area contributed by atoms with Gasteiger partial charge in [0.1, 0.15) is 11.8 Å². The third-order valence-electron chi connectivity index (χ3n) is 3.77. The second kappa shape index (κ2) is 9.18. The van der Waals surface area contributed by atoms with Crippen LogP contribution in [0.3, 0.4) is 0 Å². The van der Waals surface area contributed by atoms with Gasteiger partial charge in [0.15, 0.2) is 9.84 Å². The van der Waals surface area contributed by atoms with Gasteiger partial charge >= 0.3 is 5.97 Å². The molecule has 2 rings (SSSR count). The molecule has 0 bridgehead atoms. The second-order valence-electron chi connectivity index (χ2n) is 5.99. The molecule has 0 fully saturated rings. The van der Waals surface area contributed by atoms with Gasteiger partial charge in [0.05, 0.1) is 17.9 Å². The van der Waals surface area contributed by atoms with Gasteiger partial charge in [-0.25, -0.2) is 13.2 Å². The number of sulfone groups is 1. The molecular weight excluding hydrogens is 370 g/mol. The molecule has 2 aromatic carbocycles. The van der Waals surface area contributed by atoms with E-state index in [2.05, 4.69) is 5.32 Å². The number of amides is 1. The number of benzene rings is 2. The van der Waals surface area contributed by atoms with E-state index in [1.165, 1.54) is 24.3 Å². The van der Waals surface area contributed by atoms with Gasteiger partial charge in [-0.05, 0) is 29.8 Å². The number of carboxylic acids is 1. The highest BCUT2D eigenvalue weighted by Crippen LogP contribution is 2.16. The van der Waals surface area contributed by atoms with Crippen LogP contribution in [0.2, 0.25) is 0 Å². The van der Waals surface area contributed by atoms with Gasteiger partial charge in [-0.3, -0.25) is 4.79 Å².